The number of hydrogen-bond donors (Lipinski definition) is 1. The molecule has 2 aliphatic heterocycles. The van der Waals surface area contributed by atoms with Crippen LogP contribution in [0.25, 0.3) is 0 Å². The molecule has 1 atom stereocenters. The molecule has 2 aliphatic rings. The number of amides is 1. The van der Waals surface area contributed by atoms with E-state index in [9.17, 15) is 22.4 Å². The molecule has 1 unspecified atom stereocenters. The smallest absolute Gasteiger partial charge is 0.256 e. The molecule has 1 saturated heterocycles. The van der Waals surface area contributed by atoms with E-state index in [-0.39, 0.29) is 17.2 Å². The number of hydrogen-bond acceptors (Lipinski definition) is 5. The van der Waals surface area contributed by atoms with Crippen LogP contribution in [0.15, 0.2) is 47.4 Å². The molecule has 0 spiro atoms. The second-order valence-electron chi connectivity index (χ2n) is 7.86. The van der Waals surface area contributed by atoms with Crippen molar-refractivity contribution in [2.24, 2.45) is 0 Å². The number of Topliss-reactive ketones (excluding diaryl/α,β-unsaturated/α-hetero) is 1. The van der Waals surface area contributed by atoms with E-state index < -0.39 is 27.8 Å². The van der Waals surface area contributed by atoms with Crippen molar-refractivity contribution in [2.75, 3.05) is 18.1 Å². The number of nitrogens with one attached hydrogen (secondary N) is 1. The zero-order valence-corrected chi connectivity index (χ0v) is 18.0. The molecule has 0 bridgehead atoms. The highest BCUT2D eigenvalue weighted by Gasteiger charge is 2.38. The Morgan fingerprint density at radius 1 is 1.06 bits per heavy atom. The molecule has 7 nitrogen and oxygen atoms in total. The second kappa shape index (κ2) is 8.39. The predicted octanol–water partition coefficient (Wildman–Crippen LogP) is 2.67. The fourth-order valence-corrected chi connectivity index (χ4v) is 5.78. The summed E-state index contributed by atoms with van der Waals surface area (Å²) >= 11 is 0. The highest BCUT2D eigenvalue weighted by Crippen LogP contribution is 2.29. The fourth-order valence-electron chi connectivity index (χ4n) is 4.13. The first kappa shape index (κ1) is 21.5. The predicted molar refractivity (Wildman–Crippen MR) is 114 cm³/mol. The normalized spacial score (nSPS) is 19.2. The van der Waals surface area contributed by atoms with E-state index in [0.717, 1.165) is 12.0 Å². The molecule has 1 fully saturated rings. The maximum atomic E-state index is 13.7. The summed E-state index contributed by atoms with van der Waals surface area (Å²) < 4.78 is 41.4. The van der Waals surface area contributed by atoms with Crippen molar-refractivity contribution in [1.29, 1.82) is 0 Å². The van der Waals surface area contributed by atoms with Crippen molar-refractivity contribution in [3.05, 3.63) is 59.4 Å². The first-order valence-electron chi connectivity index (χ1n) is 10.3. The van der Waals surface area contributed by atoms with Crippen molar-refractivity contribution in [3.8, 4) is 0 Å². The van der Waals surface area contributed by atoms with Crippen LogP contribution >= 0.6 is 0 Å². The minimum atomic E-state index is -3.92. The number of hydrazine groups is 1. The van der Waals surface area contributed by atoms with Crippen LogP contribution in [0.4, 0.5) is 10.1 Å². The maximum Gasteiger partial charge on any atom is 0.256 e. The molecule has 0 saturated carbocycles. The van der Waals surface area contributed by atoms with E-state index in [1.807, 2.05) is 0 Å². The summed E-state index contributed by atoms with van der Waals surface area (Å²) in [5.74, 6) is -0.974. The van der Waals surface area contributed by atoms with Crippen molar-refractivity contribution in [1.82, 2.24) is 9.73 Å². The number of rotatable bonds is 5. The van der Waals surface area contributed by atoms with Gasteiger partial charge in [-0.2, -0.15) is 4.31 Å². The Balaban J connectivity index is 1.55. The van der Waals surface area contributed by atoms with E-state index in [1.165, 1.54) is 47.6 Å². The van der Waals surface area contributed by atoms with E-state index in [1.54, 1.807) is 11.1 Å². The van der Waals surface area contributed by atoms with Gasteiger partial charge in [0.1, 0.15) is 11.9 Å². The SMILES string of the molecule is CC(=O)c1ccc(S(=O)(=O)N2CCCCC2C(=O)NN2CCc3ccc(F)cc32)cc1. The lowest BCUT2D eigenvalue weighted by atomic mass is 10.0. The van der Waals surface area contributed by atoms with Crippen LogP contribution in [0.2, 0.25) is 0 Å². The summed E-state index contributed by atoms with van der Waals surface area (Å²) in [5.41, 5.74) is 4.74. The third-order valence-electron chi connectivity index (χ3n) is 5.81. The number of carbonyl (C=O) groups is 2. The molecule has 4 rings (SSSR count). The highest BCUT2D eigenvalue weighted by molar-refractivity contribution is 7.89. The third-order valence-corrected chi connectivity index (χ3v) is 7.73. The first-order valence-corrected chi connectivity index (χ1v) is 11.7. The van der Waals surface area contributed by atoms with Gasteiger partial charge >= 0.3 is 0 Å². The van der Waals surface area contributed by atoms with Crippen LogP contribution in [0.3, 0.4) is 0 Å². The Kier molecular flexibility index (Phi) is 5.81. The van der Waals surface area contributed by atoms with Gasteiger partial charge in [0.05, 0.1) is 10.6 Å². The van der Waals surface area contributed by atoms with Gasteiger partial charge in [-0.15, -0.1) is 0 Å². The lowest BCUT2D eigenvalue weighted by molar-refractivity contribution is -0.125. The Bertz CT molecular complexity index is 1120. The monoisotopic (exact) mass is 445 g/mol. The van der Waals surface area contributed by atoms with Gasteiger partial charge in [0.25, 0.3) is 5.91 Å². The molecule has 1 amide bonds. The maximum absolute atomic E-state index is 13.7. The molecule has 9 heteroatoms. The molecule has 1 N–H and O–H groups in total. The largest absolute Gasteiger partial charge is 0.295 e. The molecular weight excluding hydrogens is 421 g/mol. The van der Waals surface area contributed by atoms with Crippen LogP contribution in [0.1, 0.15) is 42.1 Å². The number of fused-ring (bicyclic) bond motifs is 1. The van der Waals surface area contributed by atoms with Crippen molar-refractivity contribution >= 4 is 27.4 Å². The topological polar surface area (TPSA) is 86.8 Å². The van der Waals surface area contributed by atoms with Gasteiger partial charge < -0.3 is 0 Å². The number of carbonyl (C=O) groups excluding carboxylic acids is 2. The summed E-state index contributed by atoms with van der Waals surface area (Å²) in [5, 5.41) is 1.59. The number of anilines is 1. The molecule has 2 heterocycles. The molecule has 164 valence electrons. The van der Waals surface area contributed by atoms with Crippen molar-refractivity contribution in [2.45, 2.75) is 43.5 Å². The number of nitrogens with zero attached hydrogens (tertiary/aromatic N) is 2. The molecule has 2 aromatic rings. The van der Waals surface area contributed by atoms with Crippen LogP contribution < -0.4 is 10.4 Å². The highest BCUT2D eigenvalue weighted by atomic mass is 32.2. The minimum absolute atomic E-state index is 0.0470. The zero-order chi connectivity index (χ0) is 22.2. The van der Waals surface area contributed by atoms with Gasteiger partial charge in [-0.05, 0) is 56.0 Å². The number of sulfonamides is 1. The van der Waals surface area contributed by atoms with Crippen LogP contribution in [0, 0.1) is 5.82 Å². The fraction of sp³-hybridized carbons (Fsp3) is 0.364. The number of piperidine rings is 1. The number of halogens is 1. The average molecular weight is 446 g/mol. The Labute approximate surface area is 180 Å². The van der Waals surface area contributed by atoms with E-state index in [0.29, 0.717) is 37.1 Å². The van der Waals surface area contributed by atoms with Crippen LogP contribution in [-0.2, 0) is 21.2 Å². The first-order chi connectivity index (χ1) is 14.8. The zero-order valence-electron chi connectivity index (χ0n) is 17.2. The molecule has 2 aromatic carbocycles. The second-order valence-corrected chi connectivity index (χ2v) is 9.75. The number of benzene rings is 2. The Morgan fingerprint density at radius 3 is 2.52 bits per heavy atom. The van der Waals surface area contributed by atoms with Gasteiger partial charge in [0, 0.05) is 18.7 Å². The summed E-state index contributed by atoms with van der Waals surface area (Å²) in [4.78, 5) is 24.6. The summed E-state index contributed by atoms with van der Waals surface area (Å²) in [6, 6.07) is 9.34. The van der Waals surface area contributed by atoms with Crippen LogP contribution in [-0.4, -0.2) is 43.5 Å². The van der Waals surface area contributed by atoms with E-state index in [2.05, 4.69) is 5.43 Å². The van der Waals surface area contributed by atoms with Crippen molar-refractivity contribution < 1.29 is 22.4 Å². The van der Waals surface area contributed by atoms with Gasteiger partial charge in [0.2, 0.25) is 10.0 Å². The number of ketones is 1. The lowest BCUT2D eigenvalue weighted by Gasteiger charge is -2.35. The molecule has 0 aliphatic carbocycles. The quantitative estimate of drug-likeness (QED) is 0.715. The van der Waals surface area contributed by atoms with Gasteiger partial charge in [0.15, 0.2) is 5.78 Å². The molecule has 0 aromatic heterocycles. The van der Waals surface area contributed by atoms with Gasteiger partial charge in [-0.25, -0.2) is 12.8 Å². The van der Waals surface area contributed by atoms with Gasteiger partial charge in [-0.3, -0.25) is 20.0 Å². The third kappa shape index (κ3) is 4.20. The average Bonchev–Trinajstić information content (AvgIpc) is 3.15. The summed E-state index contributed by atoms with van der Waals surface area (Å²) in [6.45, 7) is 2.15. The molecular formula is C22H24FN3O4S. The standard InChI is InChI=1S/C22H24FN3O4S/c1-15(27)16-6-9-19(10-7-16)31(29,30)26-12-3-2-4-20(26)22(28)24-25-13-11-17-5-8-18(23)14-21(17)25/h5-10,14,20H,2-4,11-13H2,1H3,(H,24,28). The lowest BCUT2D eigenvalue weighted by Crippen LogP contribution is -2.55. The van der Waals surface area contributed by atoms with E-state index in [4.69, 9.17) is 0 Å². The van der Waals surface area contributed by atoms with Crippen molar-refractivity contribution in [3.63, 3.8) is 0 Å². The van der Waals surface area contributed by atoms with E-state index >= 15 is 0 Å². The Morgan fingerprint density at radius 2 is 1.81 bits per heavy atom. The minimum Gasteiger partial charge on any atom is -0.295 e. The Hall–Kier alpha value is -2.78. The van der Waals surface area contributed by atoms with Gasteiger partial charge in [-0.1, -0.05) is 24.6 Å². The summed E-state index contributed by atoms with van der Waals surface area (Å²) in [7, 11) is -3.92. The summed E-state index contributed by atoms with van der Waals surface area (Å²) in [6.07, 6.45) is 2.47. The molecule has 0 radical (unpaired) electrons. The van der Waals surface area contributed by atoms with Crippen LogP contribution in [0.5, 0.6) is 0 Å². The molecule has 31 heavy (non-hydrogen) atoms.